The largest absolute Gasteiger partial charge is 0.483 e. The third-order valence-corrected chi connectivity index (χ3v) is 4.27. The minimum absolute atomic E-state index is 0.160. The summed E-state index contributed by atoms with van der Waals surface area (Å²) in [6, 6.07) is 3.05. The molecular formula is C18H18F2N6O2S. The van der Waals surface area contributed by atoms with E-state index in [1.807, 2.05) is 5.38 Å². The number of halogens is 2. The monoisotopic (exact) mass is 420 g/mol. The average Bonchev–Trinajstić information content (AvgIpc) is 3.13. The second-order valence-corrected chi connectivity index (χ2v) is 7.17. The fraction of sp³-hybridized carbons (Fsp3) is 0.278. The van der Waals surface area contributed by atoms with Crippen LogP contribution in [0, 0.1) is 6.92 Å². The van der Waals surface area contributed by atoms with Gasteiger partial charge in [0.05, 0.1) is 11.9 Å². The van der Waals surface area contributed by atoms with Crippen molar-refractivity contribution in [3.05, 3.63) is 46.4 Å². The first-order valence-corrected chi connectivity index (χ1v) is 9.38. The number of amides is 1. The number of rotatable bonds is 7. The number of aromatic nitrogens is 4. The maximum atomic E-state index is 13.7. The van der Waals surface area contributed by atoms with Crippen LogP contribution >= 0.6 is 11.3 Å². The highest BCUT2D eigenvalue weighted by Crippen LogP contribution is 2.31. The van der Waals surface area contributed by atoms with E-state index in [0.717, 1.165) is 11.9 Å². The van der Waals surface area contributed by atoms with E-state index in [9.17, 15) is 13.6 Å². The molecule has 152 valence electrons. The second-order valence-electron chi connectivity index (χ2n) is 6.19. The van der Waals surface area contributed by atoms with Crippen molar-refractivity contribution in [2.75, 3.05) is 10.6 Å². The third kappa shape index (κ3) is 5.64. The van der Waals surface area contributed by atoms with Crippen molar-refractivity contribution >= 4 is 34.6 Å². The van der Waals surface area contributed by atoms with Gasteiger partial charge in [-0.3, -0.25) is 4.79 Å². The van der Waals surface area contributed by atoms with Crippen LogP contribution in [0.25, 0.3) is 0 Å². The molecule has 0 saturated heterocycles. The first kappa shape index (κ1) is 20.5. The molecule has 0 aromatic carbocycles. The Kier molecular flexibility index (Phi) is 5.97. The van der Waals surface area contributed by atoms with Crippen molar-refractivity contribution < 1.29 is 18.3 Å². The zero-order chi connectivity index (χ0) is 21.0. The summed E-state index contributed by atoms with van der Waals surface area (Å²) in [5.74, 6) is -3.31. The van der Waals surface area contributed by atoms with E-state index >= 15 is 0 Å². The first-order chi connectivity index (χ1) is 13.7. The van der Waals surface area contributed by atoms with Gasteiger partial charge < -0.3 is 15.4 Å². The molecule has 0 bridgehead atoms. The van der Waals surface area contributed by atoms with E-state index in [2.05, 4.69) is 30.6 Å². The molecule has 3 heterocycles. The lowest BCUT2D eigenvalue weighted by Gasteiger charge is -2.15. The number of anilines is 3. The Labute approximate surface area is 169 Å². The van der Waals surface area contributed by atoms with Crippen LogP contribution in [0.3, 0.4) is 0 Å². The fourth-order valence-electron chi connectivity index (χ4n) is 2.33. The molecule has 0 fully saturated rings. The summed E-state index contributed by atoms with van der Waals surface area (Å²) in [7, 11) is 0. The molecule has 29 heavy (non-hydrogen) atoms. The number of hydrogen-bond donors (Lipinski definition) is 2. The normalized spacial score (nSPS) is 11.2. The van der Waals surface area contributed by atoms with Crippen molar-refractivity contribution in [3.8, 4) is 5.75 Å². The number of pyridine rings is 1. The number of aryl methyl sites for hydroxylation is 1. The maximum Gasteiger partial charge on any atom is 0.303 e. The highest BCUT2D eigenvalue weighted by molar-refractivity contribution is 7.09. The van der Waals surface area contributed by atoms with Crippen molar-refractivity contribution in [1.82, 2.24) is 19.9 Å². The summed E-state index contributed by atoms with van der Waals surface area (Å²) in [6.07, 6.45) is 3.08. The molecule has 0 radical (unpaired) electrons. The van der Waals surface area contributed by atoms with Gasteiger partial charge >= 0.3 is 5.92 Å². The molecule has 2 N–H and O–H groups in total. The quantitative estimate of drug-likeness (QED) is 0.595. The number of thiazole rings is 1. The van der Waals surface area contributed by atoms with Crippen LogP contribution in [-0.2, 0) is 17.3 Å². The van der Waals surface area contributed by atoms with Gasteiger partial charge in [0.1, 0.15) is 23.3 Å². The van der Waals surface area contributed by atoms with Gasteiger partial charge in [0, 0.05) is 43.3 Å². The highest BCUT2D eigenvalue weighted by Gasteiger charge is 2.29. The number of alkyl halides is 2. The molecule has 0 atom stereocenters. The lowest BCUT2D eigenvalue weighted by atomic mass is 10.3. The van der Waals surface area contributed by atoms with E-state index in [-0.39, 0.29) is 24.1 Å². The summed E-state index contributed by atoms with van der Waals surface area (Å²) in [5.41, 5.74) is 0.768. The van der Waals surface area contributed by atoms with Crippen LogP contribution in [0.1, 0.15) is 30.4 Å². The molecule has 0 aliphatic rings. The van der Waals surface area contributed by atoms with Gasteiger partial charge in [-0.2, -0.15) is 8.78 Å². The third-order valence-electron chi connectivity index (χ3n) is 3.52. The molecule has 3 aromatic rings. The Morgan fingerprint density at radius 3 is 2.69 bits per heavy atom. The average molecular weight is 420 g/mol. The van der Waals surface area contributed by atoms with Gasteiger partial charge in [0.2, 0.25) is 11.7 Å². The van der Waals surface area contributed by atoms with E-state index in [1.54, 1.807) is 13.1 Å². The molecule has 0 aliphatic carbocycles. The molecule has 3 aromatic heterocycles. The summed E-state index contributed by atoms with van der Waals surface area (Å²) < 4.78 is 33.1. The van der Waals surface area contributed by atoms with Gasteiger partial charge in [0.15, 0.2) is 5.75 Å². The van der Waals surface area contributed by atoms with E-state index in [1.165, 1.54) is 36.6 Å². The number of ether oxygens (including phenoxy) is 1. The minimum Gasteiger partial charge on any atom is -0.483 e. The summed E-state index contributed by atoms with van der Waals surface area (Å²) >= 11 is 1.43. The fourth-order valence-corrected chi connectivity index (χ4v) is 2.86. The minimum atomic E-state index is -3.19. The van der Waals surface area contributed by atoms with Crippen LogP contribution in [0.2, 0.25) is 0 Å². The Hall–Kier alpha value is -3.21. The summed E-state index contributed by atoms with van der Waals surface area (Å²) in [6.45, 7) is 3.88. The van der Waals surface area contributed by atoms with Gasteiger partial charge in [-0.25, -0.2) is 19.9 Å². The zero-order valence-corrected chi connectivity index (χ0v) is 16.7. The Balaban J connectivity index is 1.92. The molecule has 0 saturated carbocycles. The zero-order valence-electron chi connectivity index (χ0n) is 15.9. The SMILES string of the molecule is CC(=O)Nc1cc(Nc2cc(C)nc(C(C)(F)F)n2)c(OCc2nccs2)cn1. The van der Waals surface area contributed by atoms with E-state index in [4.69, 9.17) is 4.74 Å². The Morgan fingerprint density at radius 1 is 1.24 bits per heavy atom. The van der Waals surface area contributed by atoms with Crippen molar-refractivity contribution in [2.24, 2.45) is 0 Å². The number of carbonyl (C=O) groups excluding carboxylic acids is 1. The van der Waals surface area contributed by atoms with Gasteiger partial charge in [-0.15, -0.1) is 11.3 Å². The molecule has 1 amide bonds. The van der Waals surface area contributed by atoms with Crippen LogP contribution in [0.15, 0.2) is 29.9 Å². The maximum absolute atomic E-state index is 13.7. The molecule has 11 heteroatoms. The lowest BCUT2D eigenvalue weighted by Crippen LogP contribution is -2.14. The van der Waals surface area contributed by atoms with Crippen LogP contribution in [-0.4, -0.2) is 25.8 Å². The number of hydrogen-bond acceptors (Lipinski definition) is 8. The molecule has 3 rings (SSSR count). The topological polar surface area (TPSA) is 102 Å². The number of carbonyl (C=O) groups is 1. The first-order valence-electron chi connectivity index (χ1n) is 8.50. The summed E-state index contributed by atoms with van der Waals surface area (Å²) in [4.78, 5) is 27.3. The second kappa shape index (κ2) is 8.43. The Morgan fingerprint density at radius 2 is 2.03 bits per heavy atom. The smallest absolute Gasteiger partial charge is 0.303 e. The summed E-state index contributed by atoms with van der Waals surface area (Å²) in [5, 5.41) is 8.10. The standard InChI is InChI=1S/C18H18F2N6O2S/c1-10-6-15(26-17(23-10)18(3,19)20)25-12-7-14(24-11(2)27)22-8-13(12)28-9-16-21-4-5-29-16/h4-8H,9H2,1-3H3,(H2,22,23,24,25,26,27). The number of nitrogens with one attached hydrogen (secondary N) is 2. The molecule has 0 spiro atoms. The van der Waals surface area contributed by atoms with Gasteiger partial charge in [0.25, 0.3) is 0 Å². The Bertz CT molecular complexity index is 1010. The highest BCUT2D eigenvalue weighted by atomic mass is 32.1. The van der Waals surface area contributed by atoms with Crippen LogP contribution in [0.5, 0.6) is 5.75 Å². The van der Waals surface area contributed by atoms with E-state index in [0.29, 0.717) is 17.1 Å². The van der Waals surface area contributed by atoms with E-state index < -0.39 is 11.7 Å². The predicted molar refractivity (Wildman–Crippen MR) is 105 cm³/mol. The predicted octanol–water partition coefficient (Wildman–Crippen LogP) is 4.03. The lowest BCUT2D eigenvalue weighted by molar-refractivity contribution is -0.114. The molecule has 0 unspecified atom stereocenters. The number of nitrogens with zero attached hydrogens (tertiary/aromatic N) is 4. The van der Waals surface area contributed by atoms with Crippen molar-refractivity contribution in [1.29, 1.82) is 0 Å². The van der Waals surface area contributed by atoms with Crippen molar-refractivity contribution in [3.63, 3.8) is 0 Å². The van der Waals surface area contributed by atoms with Gasteiger partial charge in [-0.1, -0.05) is 0 Å². The molecule has 0 aliphatic heterocycles. The van der Waals surface area contributed by atoms with Crippen LogP contribution < -0.4 is 15.4 Å². The molecule has 8 nitrogen and oxygen atoms in total. The van der Waals surface area contributed by atoms with Gasteiger partial charge in [-0.05, 0) is 6.92 Å². The molecular weight excluding hydrogens is 402 g/mol. The van der Waals surface area contributed by atoms with Crippen molar-refractivity contribution in [2.45, 2.75) is 33.3 Å². The van der Waals surface area contributed by atoms with Crippen LogP contribution in [0.4, 0.5) is 26.1 Å².